The van der Waals surface area contributed by atoms with E-state index in [1.165, 1.54) is 17.0 Å². The first-order valence-electron chi connectivity index (χ1n) is 9.81. The highest BCUT2D eigenvalue weighted by molar-refractivity contribution is 6.60. The van der Waals surface area contributed by atoms with Crippen molar-refractivity contribution in [2.45, 2.75) is 0 Å². The number of non-ortho nitro benzene ring substituents is 1. The minimum atomic E-state index is -1.11. The molecule has 2 aliphatic heterocycles. The predicted molar refractivity (Wildman–Crippen MR) is 117 cm³/mol. The van der Waals surface area contributed by atoms with E-state index in [1.807, 2.05) is 0 Å². The lowest BCUT2D eigenvalue weighted by Gasteiger charge is -2.35. The second kappa shape index (κ2) is 7.34. The molecule has 0 fully saturated rings. The first kappa shape index (κ1) is 20.0. The standard InChI is InChI=1S/C24H13N3O6/c28-21(14-10-12-16(13-11-14)27(32)33)19-20-23(30)25(15-6-2-1-3-7-15)17-8-4-5-9-18(17)26(20)24(31)22(19)29/h1-13H. The van der Waals surface area contributed by atoms with Gasteiger partial charge in [-0.2, -0.15) is 0 Å². The van der Waals surface area contributed by atoms with Crippen LogP contribution in [0.15, 0.2) is 90.1 Å². The highest BCUT2D eigenvalue weighted by atomic mass is 16.6. The van der Waals surface area contributed by atoms with E-state index < -0.39 is 33.9 Å². The van der Waals surface area contributed by atoms with E-state index in [2.05, 4.69) is 0 Å². The van der Waals surface area contributed by atoms with Gasteiger partial charge in [0.15, 0.2) is 5.78 Å². The van der Waals surface area contributed by atoms with Gasteiger partial charge < -0.3 is 0 Å². The van der Waals surface area contributed by atoms with E-state index in [-0.39, 0.29) is 16.9 Å². The molecular weight excluding hydrogens is 426 g/mol. The monoisotopic (exact) mass is 439 g/mol. The average Bonchev–Trinajstić information content (AvgIpc) is 3.10. The van der Waals surface area contributed by atoms with Gasteiger partial charge in [-0.05, 0) is 36.4 Å². The molecule has 160 valence electrons. The predicted octanol–water partition coefficient (Wildman–Crippen LogP) is 3.33. The topological polar surface area (TPSA) is 118 Å². The number of hydrogen-bond donors (Lipinski definition) is 0. The Morgan fingerprint density at radius 3 is 1.91 bits per heavy atom. The number of nitro groups is 1. The second-order valence-corrected chi connectivity index (χ2v) is 7.29. The third-order valence-corrected chi connectivity index (χ3v) is 5.44. The van der Waals surface area contributed by atoms with E-state index >= 15 is 0 Å². The molecular formula is C24H13N3O6. The first-order valence-corrected chi connectivity index (χ1v) is 9.81. The molecule has 5 rings (SSSR count). The van der Waals surface area contributed by atoms with Gasteiger partial charge in [-0.3, -0.25) is 39.1 Å². The molecule has 0 N–H and O–H groups in total. The van der Waals surface area contributed by atoms with Gasteiger partial charge >= 0.3 is 5.91 Å². The summed E-state index contributed by atoms with van der Waals surface area (Å²) in [5.41, 5.74) is -0.00809. The highest BCUT2D eigenvalue weighted by Gasteiger charge is 2.50. The molecule has 9 heteroatoms. The van der Waals surface area contributed by atoms with Crippen molar-refractivity contribution >= 4 is 46.1 Å². The number of carbonyl (C=O) groups is 4. The fourth-order valence-electron chi connectivity index (χ4n) is 3.94. The largest absolute Gasteiger partial charge is 0.304 e. The van der Waals surface area contributed by atoms with E-state index in [0.29, 0.717) is 17.1 Å². The van der Waals surface area contributed by atoms with Crippen LogP contribution in [0.3, 0.4) is 0 Å². The van der Waals surface area contributed by atoms with Crippen LogP contribution in [-0.2, 0) is 14.4 Å². The van der Waals surface area contributed by atoms with E-state index in [4.69, 9.17) is 0 Å². The number of carbonyl (C=O) groups excluding carboxylic acids is 4. The van der Waals surface area contributed by atoms with Crippen LogP contribution in [0.2, 0.25) is 0 Å². The minimum Gasteiger partial charge on any atom is -0.288 e. The zero-order valence-electron chi connectivity index (χ0n) is 16.8. The van der Waals surface area contributed by atoms with E-state index in [0.717, 1.165) is 17.0 Å². The summed E-state index contributed by atoms with van der Waals surface area (Å²) in [4.78, 5) is 65.3. The van der Waals surface area contributed by atoms with Crippen LogP contribution >= 0.6 is 0 Å². The summed E-state index contributed by atoms with van der Waals surface area (Å²) in [6.45, 7) is 0. The van der Waals surface area contributed by atoms with Crippen LogP contribution in [0.4, 0.5) is 22.7 Å². The summed E-state index contributed by atoms with van der Waals surface area (Å²) in [5, 5.41) is 10.9. The van der Waals surface area contributed by atoms with Gasteiger partial charge in [0.2, 0.25) is 0 Å². The minimum absolute atomic E-state index is 0.0518. The number of rotatable bonds is 4. The zero-order valence-corrected chi connectivity index (χ0v) is 16.8. The lowest BCUT2D eigenvalue weighted by Crippen LogP contribution is -2.42. The summed E-state index contributed by atoms with van der Waals surface area (Å²) < 4.78 is 0. The van der Waals surface area contributed by atoms with Crippen LogP contribution in [0.1, 0.15) is 10.4 Å². The molecule has 9 nitrogen and oxygen atoms in total. The number of anilines is 3. The molecule has 0 saturated heterocycles. The molecule has 0 spiro atoms. The molecule has 0 bridgehead atoms. The Balaban J connectivity index is 1.71. The van der Waals surface area contributed by atoms with Gasteiger partial charge in [-0.25, -0.2) is 0 Å². The SMILES string of the molecule is O=C1C(=O)N2C(=C1C(=O)c1ccc([N+](=O)[O-])cc1)C(=O)N(c1ccccc1)c1ccccc12. The number of hydrogen-bond acceptors (Lipinski definition) is 6. The molecule has 0 atom stereocenters. The fourth-order valence-corrected chi connectivity index (χ4v) is 3.94. The van der Waals surface area contributed by atoms with Crippen LogP contribution in [0.25, 0.3) is 0 Å². The van der Waals surface area contributed by atoms with Crippen LogP contribution in [0.5, 0.6) is 0 Å². The molecule has 0 aliphatic carbocycles. The van der Waals surface area contributed by atoms with Crippen LogP contribution < -0.4 is 9.80 Å². The van der Waals surface area contributed by atoms with Gasteiger partial charge in [-0.1, -0.05) is 30.3 Å². The Morgan fingerprint density at radius 2 is 1.30 bits per heavy atom. The third kappa shape index (κ3) is 2.94. The molecule has 0 aromatic heterocycles. The van der Waals surface area contributed by atoms with Gasteiger partial charge in [0.1, 0.15) is 11.3 Å². The lowest BCUT2D eigenvalue weighted by atomic mass is 9.98. The quantitative estimate of drug-likeness (QED) is 0.202. The molecule has 0 unspecified atom stereocenters. The molecule has 0 saturated carbocycles. The van der Waals surface area contributed by atoms with Crippen LogP contribution in [0, 0.1) is 10.1 Å². The second-order valence-electron chi connectivity index (χ2n) is 7.29. The number of ketones is 2. The molecule has 3 aromatic carbocycles. The van der Waals surface area contributed by atoms with Crippen molar-refractivity contribution in [3.8, 4) is 0 Å². The molecule has 0 radical (unpaired) electrons. The Kier molecular flexibility index (Phi) is 4.45. The van der Waals surface area contributed by atoms with Crippen LogP contribution in [-0.4, -0.2) is 28.3 Å². The summed E-state index contributed by atoms with van der Waals surface area (Å²) in [7, 11) is 0. The van der Waals surface area contributed by atoms with Crippen molar-refractivity contribution in [1.82, 2.24) is 0 Å². The first-order chi connectivity index (χ1) is 15.9. The lowest BCUT2D eigenvalue weighted by molar-refractivity contribution is -0.384. The van der Waals surface area contributed by atoms with Crippen molar-refractivity contribution in [3.05, 3.63) is 106 Å². The smallest absolute Gasteiger partial charge is 0.288 e. The van der Waals surface area contributed by atoms with E-state index in [1.54, 1.807) is 54.6 Å². The number of benzene rings is 3. The number of amides is 2. The molecule has 2 aliphatic rings. The Labute approximate surface area is 186 Å². The van der Waals surface area contributed by atoms with Gasteiger partial charge in [0.25, 0.3) is 17.4 Å². The molecule has 3 aromatic rings. The summed E-state index contributed by atoms with van der Waals surface area (Å²) in [6, 6.07) is 19.8. The number of para-hydroxylation sites is 3. The fraction of sp³-hybridized carbons (Fsp3) is 0. The maximum Gasteiger partial charge on any atom is 0.304 e. The third-order valence-electron chi connectivity index (χ3n) is 5.44. The molecule has 2 amide bonds. The highest BCUT2D eigenvalue weighted by Crippen LogP contribution is 2.45. The van der Waals surface area contributed by atoms with Crippen molar-refractivity contribution in [1.29, 1.82) is 0 Å². The van der Waals surface area contributed by atoms with Gasteiger partial charge in [0.05, 0.1) is 16.3 Å². The van der Waals surface area contributed by atoms with Crippen molar-refractivity contribution in [3.63, 3.8) is 0 Å². The van der Waals surface area contributed by atoms with Crippen molar-refractivity contribution < 1.29 is 24.1 Å². The summed E-state index contributed by atoms with van der Waals surface area (Å²) in [5.74, 6) is -3.68. The van der Waals surface area contributed by atoms with Gasteiger partial charge in [0, 0.05) is 23.4 Å². The maximum atomic E-state index is 13.6. The van der Waals surface area contributed by atoms with E-state index in [9.17, 15) is 29.3 Å². The summed E-state index contributed by atoms with van der Waals surface area (Å²) in [6.07, 6.45) is 0. The average molecular weight is 439 g/mol. The molecule has 2 heterocycles. The zero-order chi connectivity index (χ0) is 23.3. The van der Waals surface area contributed by atoms with Crippen molar-refractivity contribution in [2.24, 2.45) is 0 Å². The Morgan fingerprint density at radius 1 is 0.727 bits per heavy atom. The number of nitro benzene ring substituents is 1. The number of Topliss-reactive ketones (excluding diaryl/α,β-unsaturated/α-hetero) is 2. The summed E-state index contributed by atoms with van der Waals surface area (Å²) >= 11 is 0. The van der Waals surface area contributed by atoms with Crippen molar-refractivity contribution in [2.75, 3.05) is 9.80 Å². The maximum absolute atomic E-state index is 13.6. The normalized spacial score (nSPS) is 15.0. The van der Waals surface area contributed by atoms with Gasteiger partial charge in [-0.15, -0.1) is 0 Å². The number of fused-ring (bicyclic) bond motifs is 3. The Hall–Kier alpha value is -4.92. The Bertz CT molecular complexity index is 1410. The number of nitrogens with zero attached hydrogens (tertiary/aromatic N) is 3. The molecule has 33 heavy (non-hydrogen) atoms.